The second-order valence-corrected chi connectivity index (χ2v) is 9.53. The van der Waals surface area contributed by atoms with Gasteiger partial charge in [0.25, 0.3) is 0 Å². The quantitative estimate of drug-likeness (QED) is 0.139. The first-order valence-corrected chi connectivity index (χ1v) is 13.7. The predicted molar refractivity (Wildman–Crippen MR) is 143 cm³/mol. The molecule has 7 nitrogen and oxygen atoms in total. The van der Waals surface area contributed by atoms with Crippen molar-refractivity contribution >= 4 is 11.9 Å². The van der Waals surface area contributed by atoms with Gasteiger partial charge in [-0.05, 0) is 50.7 Å². The predicted octanol–water partition coefficient (Wildman–Crippen LogP) is 6.86. The number of carbonyl (C=O) groups excluding carboxylic acids is 2. The fraction of sp³-hybridized carbons (Fsp3) is 0.533. The maximum atomic E-state index is 12.4. The van der Waals surface area contributed by atoms with Crippen LogP contribution in [0.3, 0.4) is 0 Å². The van der Waals surface area contributed by atoms with Gasteiger partial charge in [0.1, 0.15) is 6.10 Å². The Balaban J connectivity index is 1.26. The third-order valence-corrected chi connectivity index (χ3v) is 6.55. The molecule has 1 fully saturated rings. The minimum absolute atomic E-state index is 0.0510. The van der Waals surface area contributed by atoms with E-state index < -0.39 is 0 Å². The molecule has 1 heterocycles. The number of rotatable bonds is 16. The summed E-state index contributed by atoms with van der Waals surface area (Å²) in [5.74, 6) is 0.656. The van der Waals surface area contributed by atoms with Crippen LogP contribution in [0.25, 0.3) is 11.4 Å². The van der Waals surface area contributed by atoms with Gasteiger partial charge in [-0.15, -0.1) is 0 Å². The van der Waals surface area contributed by atoms with Gasteiger partial charge in [0, 0.05) is 11.6 Å². The van der Waals surface area contributed by atoms with Crippen LogP contribution in [0.4, 0.5) is 0 Å². The highest BCUT2D eigenvalue weighted by Crippen LogP contribution is 2.23. The summed E-state index contributed by atoms with van der Waals surface area (Å²) in [6.45, 7) is 4.51. The molecule has 1 aromatic heterocycles. The van der Waals surface area contributed by atoms with E-state index in [1.807, 2.05) is 12.1 Å². The number of hydrogen-bond donors (Lipinski definition) is 0. The summed E-state index contributed by atoms with van der Waals surface area (Å²) in [6, 6.07) is 7.25. The largest absolute Gasteiger partial charge is 0.490 e. The van der Waals surface area contributed by atoms with E-state index in [2.05, 4.69) is 16.5 Å². The summed E-state index contributed by atoms with van der Waals surface area (Å²) in [4.78, 5) is 32.2. The first-order valence-electron chi connectivity index (χ1n) is 13.7. The van der Waals surface area contributed by atoms with E-state index in [1.165, 1.54) is 38.2 Å². The molecule has 1 aliphatic carbocycles. The lowest BCUT2D eigenvalue weighted by molar-refractivity contribution is -0.137. The van der Waals surface area contributed by atoms with E-state index in [1.54, 1.807) is 24.5 Å². The summed E-state index contributed by atoms with van der Waals surface area (Å²) in [5.41, 5.74) is 1.40. The third kappa shape index (κ3) is 10.7. The van der Waals surface area contributed by atoms with Gasteiger partial charge in [0.2, 0.25) is 0 Å². The normalized spacial score (nSPS) is 13.6. The summed E-state index contributed by atoms with van der Waals surface area (Å²) < 4.78 is 16.4. The van der Waals surface area contributed by atoms with Crippen LogP contribution >= 0.6 is 0 Å². The first kappa shape index (κ1) is 28.4. The number of benzene rings is 1. The monoisotopic (exact) mass is 508 g/mol. The molecule has 37 heavy (non-hydrogen) atoms. The van der Waals surface area contributed by atoms with Crippen LogP contribution in [-0.4, -0.2) is 41.2 Å². The zero-order valence-electron chi connectivity index (χ0n) is 21.9. The van der Waals surface area contributed by atoms with Crippen LogP contribution in [0.15, 0.2) is 49.3 Å². The number of ether oxygens (including phenoxy) is 3. The van der Waals surface area contributed by atoms with Crippen molar-refractivity contribution in [1.82, 2.24) is 9.97 Å². The molecule has 1 saturated carbocycles. The first-order chi connectivity index (χ1) is 18.2. The van der Waals surface area contributed by atoms with Crippen LogP contribution in [0.1, 0.15) is 93.8 Å². The lowest BCUT2D eigenvalue weighted by Gasteiger charge is -2.21. The average Bonchev–Trinajstić information content (AvgIpc) is 2.94. The van der Waals surface area contributed by atoms with Gasteiger partial charge >= 0.3 is 11.9 Å². The second kappa shape index (κ2) is 16.5. The van der Waals surface area contributed by atoms with Crippen LogP contribution in [-0.2, 0) is 14.3 Å². The van der Waals surface area contributed by atoms with E-state index in [0.717, 1.165) is 56.9 Å². The molecule has 0 unspecified atom stereocenters. The Morgan fingerprint density at radius 3 is 2.05 bits per heavy atom. The molecule has 0 N–H and O–H groups in total. The highest BCUT2D eigenvalue weighted by atomic mass is 16.5. The van der Waals surface area contributed by atoms with Crippen LogP contribution in [0.2, 0.25) is 0 Å². The Labute approximate surface area is 220 Å². The highest BCUT2D eigenvalue weighted by molar-refractivity contribution is 5.90. The summed E-state index contributed by atoms with van der Waals surface area (Å²) >= 11 is 0. The van der Waals surface area contributed by atoms with Crippen molar-refractivity contribution in [3.8, 4) is 17.1 Å². The molecular formula is C30H40N2O5. The summed E-state index contributed by atoms with van der Waals surface area (Å²) in [7, 11) is 0. The number of aromatic nitrogens is 2. The minimum Gasteiger partial charge on any atom is -0.490 e. The Morgan fingerprint density at radius 1 is 0.838 bits per heavy atom. The number of unbranched alkanes of at least 4 members (excludes halogenated alkanes) is 7. The standard InChI is InChI=1S/C30H40N2O5/c1-2-28(33)36-21-13-8-6-4-3-5-7-12-20-35-27-22-31-29(32-23-27)24-16-18-25(19-17-24)30(34)37-26-14-10-9-11-15-26/h2,16-19,22-23,26H,1,3-15,20-21H2. The van der Waals surface area contributed by atoms with Gasteiger partial charge in [-0.2, -0.15) is 0 Å². The smallest absolute Gasteiger partial charge is 0.338 e. The summed E-state index contributed by atoms with van der Waals surface area (Å²) in [5, 5.41) is 0. The topological polar surface area (TPSA) is 87.6 Å². The molecule has 0 radical (unpaired) electrons. The molecule has 1 aliphatic rings. The molecule has 0 amide bonds. The molecule has 1 aromatic carbocycles. The van der Waals surface area contributed by atoms with Gasteiger partial charge < -0.3 is 14.2 Å². The van der Waals surface area contributed by atoms with Crippen LogP contribution in [0.5, 0.6) is 5.75 Å². The molecule has 0 aliphatic heterocycles. The molecule has 0 saturated heterocycles. The number of nitrogens with zero attached hydrogens (tertiary/aromatic N) is 2. The molecule has 7 heteroatoms. The molecule has 0 bridgehead atoms. The maximum absolute atomic E-state index is 12.4. The molecule has 0 spiro atoms. The number of esters is 2. The van der Waals surface area contributed by atoms with Crippen molar-refractivity contribution < 1.29 is 23.8 Å². The highest BCUT2D eigenvalue weighted by Gasteiger charge is 2.18. The van der Waals surface area contributed by atoms with Gasteiger partial charge in [-0.1, -0.05) is 63.7 Å². The minimum atomic E-state index is -0.343. The summed E-state index contributed by atoms with van der Waals surface area (Å²) in [6.07, 6.45) is 19.0. The van der Waals surface area contributed by atoms with E-state index in [-0.39, 0.29) is 18.0 Å². The Morgan fingerprint density at radius 2 is 1.43 bits per heavy atom. The van der Waals surface area contributed by atoms with Crippen molar-refractivity contribution in [3.63, 3.8) is 0 Å². The number of carbonyl (C=O) groups is 2. The Kier molecular flexibility index (Phi) is 12.7. The Hall–Kier alpha value is -3.22. The fourth-order valence-electron chi connectivity index (χ4n) is 4.38. The maximum Gasteiger partial charge on any atom is 0.338 e. The zero-order valence-corrected chi connectivity index (χ0v) is 21.9. The van der Waals surface area contributed by atoms with Gasteiger partial charge in [-0.3, -0.25) is 0 Å². The average molecular weight is 509 g/mol. The van der Waals surface area contributed by atoms with E-state index in [0.29, 0.717) is 30.4 Å². The molecule has 3 rings (SSSR count). The molecule has 200 valence electrons. The lowest BCUT2D eigenvalue weighted by atomic mass is 9.98. The van der Waals surface area contributed by atoms with Gasteiger partial charge in [0.15, 0.2) is 11.6 Å². The van der Waals surface area contributed by atoms with Gasteiger partial charge in [-0.25, -0.2) is 19.6 Å². The second-order valence-electron chi connectivity index (χ2n) is 9.53. The number of hydrogen-bond acceptors (Lipinski definition) is 7. The third-order valence-electron chi connectivity index (χ3n) is 6.55. The van der Waals surface area contributed by atoms with Gasteiger partial charge in [0.05, 0.1) is 31.2 Å². The van der Waals surface area contributed by atoms with Crippen molar-refractivity contribution in [3.05, 3.63) is 54.9 Å². The van der Waals surface area contributed by atoms with Crippen molar-refractivity contribution in [2.24, 2.45) is 0 Å². The van der Waals surface area contributed by atoms with E-state index >= 15 is 0 Å². The van der Waals surface area contributed by atoms with Crippen molar-refractivity contribution in [2.75, 3.05) is 13.2 Å². The molecular weight excluding hydrogens is 468 g/mol. The Bertz CT molecular complexity index is 953. The SMILES string of the molecule is C=CC(=O)OCCCCCCCCCCOc1cnc(-c2ccc(C(=O)OC3CCCCC3)cc2)nc1. The van der Waals surface area contributed by atoms with Crippen LogP contribution in [0, 0.1) is 0 Å². The molecule has 2 aromatic rings. The van der Waals surface area contributed by atoms with Crippen molar-refractivity contribution in [2.45, 2.75) is 89.6 Å². The van der Waals surface area contributed by atoms with Crippen LogP contribution < -0.4 is 4.74 Å². The van der Waals surface area contributed by atoms with Crippen molar-refractivity contribution in [1.29, 1.82) is 0 Å². The fourth-order valence-corrected chi connectivity index (χ4v) is 4.38. The van der Waals surface area contributed by atoms with E-state index in [4.69, 9.17) is 14.2 Å². The molecule has 0 atom stereocenters. The lowest BCUT2D eigenvalue weighted by Crippen LogP contribution is -2.20. The van der Waals surface area contributed by atoms with E-state index in [9.17, 15) is 9.59 Å². The zero-order chi connectivity index (χ0) is 26.1.